The highest BCUT2D eigenvalue weighted by molar-refractivity contribution is 6.33. The number of rotatable bonds is 5. The lowest BCUT2D eigenvalue weighted by molar-refractivity contribution is -0.145. The summed E-state index contributed by atoms with van der Waals surface area (Å²) >= 11 is 6.17. The molecule has 8 heteroatoms. The summed E-state index contributed by atoms with van der Waals surface area (Å²) in [4.78, 5) is 30.7. The fraction of sp³-hybridized carbons (Fsp3) is 0.304. The fourth-order valence-corrected chi connectivity index (χ4v) is 3.94. The average Bonchev–Trinajstić information content (AvgIpc) is 3.28. The Hall–Kier alpha value is -3.19. The van der Waals surface area contributed by atoms with Gasteiger partial charge < -0.3 is 14.2 Å². The minimum atomic E-state index is -0.748. The number of aromatic nitrogens is 2. The maximum Gasteiger partial charge on any atom is 0.303 e. The first-order chi connectivity index (χ1) is 15.0. The van der Waals surface area contributed by atoms with E-state index < -0.39 is 12.1 Å². The quantitative estimate of drug-likeness (QED) is 0.548. The van der Waals surface area contributed by atoms with Gasteiger partial charge >= 0.3 is 5.97 Å². The van der Waals surface area contributed by atoms with Crippen LogP contribution in [0.5, 0.6) is 0 Å². The van der Waals surface area contributed by atoms with E-state index in [2.05, 4.69) is 10.1 Å². The lowest BCUT2D eigenvalue weighted by Crippen LogP contribution is -2.38. The largest absolute Gasteiger partial charge is 0.447 e. The van der Waals surface area contributed by atoms with Crippen LogP contribution in [0.15, 0.2) is 59.1 Å². The van der Waals surface area contributed by atoms with E-state index in [1.165, 1.54) is 6.92 Å². The van der Waals surface area contributed by atoms with Crippen molar-refractivity contribution in [3.05, 3.63) is 82.5 Å². The van der Waals surface area contributed by atoms with Crippen LogP contribution in [0.3, 0.4) is 0 Å². The van der Waals surface area contributed by atoms with Gasteiger partial charge in [0.05, 0.1) is 10.6 Å². The minimum absolute atomic E-state index is 0.0570. The zero-order valence-corrected chi connectivity index (χ0v) is 17.8. The molecule has 0 N–H and O–H groups in total. The molecule has 7 nitrogen and oxygen atoms in total. The van der Waals surface area contributed by atoms with Crippen molar-refractivity contribution in [2.45, 2.75) is 31.8 Å². The zero-order chi connectivity index (χ0) is 21.8. The second kappa shape index (κ2) is 9.31. The van der Waals surface area contributed by atoms with E-state index in [1.54, 1.807) is 29.2 Å². The van der Waals surface area contributed by atoms with Crippen LogP contribution in [0.25, 0.3) is 0 Å². The molecule has 1 aliphatic rings. The number of esters is 1. The standard InChI is InChI=1S/C23H22ClN3O4/c1-15(28)30-20(16-7-3-2-4-8-16)22-25-21(26-31-22)17-11-13-27(14-12-17)23(29)18-9-5-6-10-19(18)24/h2-10,17,20H,11-14H2,1H3/t20-/m1/s1. The van der Waals surface area contributed by atoms with Crippen molar-refractivity contribution in [1.29, 1.82) is 0 Å². The number of carbonyl (C=O) groups is 2. The van der Waals surface area contributed by atoms with E-state index in [0.29, 0.717) is 42.3 Å². The van der Waals surface area contributed by atoms with Crippen molar-refractivity contribution < 1.29 is 18.8 Å². The molecule has 1 saturated heterocycles. The first kappa shape index (κ1) is 21.1. The summed E-state index contributed by atoms with van der Waals surface area (Å²) in [5.41, 5.74) is 1.27. The van der Waals surface area contributed by atoms with Crippen LogP contribution in [0.4, 0.5) is 0 Å². The number of carbonyl (C=O) groups excluding carboxylic acids is 2. The molecule has 0 aliphatic carbocycles. The first-order valence-corrected chi connectivity index (χ1v) is 10.5. The molecule has 0 spiro atoms. The summed E-state index contributed by atoms with van der Waals surface area (Å²) in [5, 5.41) is 4.59. The summed E-state index contributed by atoms with van der Waals surface area (Å²) in [6, 6.07) is 16.3. The molecular weight excluding hydrogens is 418 g/mol. The summed E-state index contributed by atoms with van der Waals surface area (Å²) < 4.78 is 10.9. The minimum Gasteiger partial charge on any atom is -0.447 e. The summed E-state index contributed by atoms with van der Waals surface area (Å²) in [7, 11) is 0. The Bertz CT molecular complexity index is 1060. The Balaban J connectivity index is 1.45. The molecule has 1 amide bonds. The van der Waals surface area contributed by atoms with E-state index in [4.69, 9.17) is 20.9 Å². The number of likely N-dealkylation sites (tertiary alicyclic amines) is 1. The molecule has 3 aromatic rings. The van der Waals surface area contributed by atoms with Gasteiger partial charge in [-0.1, -0.05) is 59.2 Å². The van der Waals surface area contributed by atoms with Crippen LogP contribution >= 0.6 is 11.6 Å². The van der Waals surface area contributed by atoms with Gasteiger partial charge in [-0.2, -0.15) is 4.98 Å². The van der Waals surface area contributed by atoms with E-state index in [9.17, 15) is 9.59 Å². The van der Waals surface area contributed by atoms with Crippen LogP contribution < -0.4 is 0 Å². The smallest absolute Gasteiger partial charge is 0.303 e. The summed E-state index contributed by atoms with van der Waals surface area (Å²) in [6.45, 7) is 2.49. The Morgan fingerprint density at radius 2 is 1.77 bits per heavy atom. The number of amides is 1. The molecule has 0 bridgehead atoms. The SMILES string of the molecule is CC(=O)O[C@H](c1ccccc1)c1nc(C2CCN(C(=O)c3ccccc3Cl)CC2)no1. The normalized spacial score (nSPS) is 15.5. The van der Waals surface area contributed by atoms with Crippen LogP contribution in [-0.4, -0.2) is 40.0 Å². The molecule has 2 aromatic carbocycles. The van der Waals surface area contributed by atoms with Crippen LogP contribution in [0, 0.1) is 0 Å². The molecule has 0 saturated carbocycles. The Kier molecular flexibility index (Phi) is 6.32. The van der Waals surface area contributed by atoms with Crippen LogP contribution in [0.1, 0.15) is 59.4 Å². The molecule has 31 heavy (non-hydrogen) atoms. The lowest BCUT2D eigenvalue weighted by Gasteiger charge is -2.30. The van der Waals surface area contributed by atoms with Gasteiger partial charge in [-0.05, 0) is 25.0 Å². The van der Waals surface area contributed by atoms with Gasteiger partial charge in [-0.3, -0.25) is 9.59 Å². The highest BCUT2D eigenvalue weighted by atomic mass is 35.5. The Morgan fingerprint density at radius 1 is 1.10 bits per heavy atom. The van der Waals surface area contributed by atoms with E-state index >= 15 is 0 Å². The highest BCUT2D eigenvalue weighted by Crippen LogP contribution is 2.31. The predicted molar refractivity (Wildman–Crippen MR) is 114 cm³/mol. The van der Waals surface area contributed by atoms with Gasteiger partial charge in [0, 0.05) is 31.5 Å². The third-order valence-corrected chi connectivity index (χ3v) is 5.65. The summed E-state index contributed by atoms with van der Waals surface area (Å²) in [5.74, 6) is 0.359. The van der Waals surface area contributed by atoms with Gasteiger partial charge in [-0.15, -0.1) is 0 Å². The predicted octanol–water partition coefficient (Wildman–Crippen LogP) is 4.40. The molecule has 1 aromatic heterocycles. The van der Waals surface area contributed by atoms with Crippen molar-refractivity contribution in [2.75, 3.05) is 13.1 Å². The molecule has 160 valence electrons. The first-order valence-electron chi connectivity index (χ1n) is 10.1. The van der Waals surface area contributed by atoms with Crippen molar-refractivity contribution >= 4 is 23.5 Å². The maximum atomic E-state index is 12.8. The third-order valence-electron chi connectivity index (χ3n) is 5.32. The molecule has 0 radical (unpaired) electrons. The number of nitrogens with zero attached hydrogens (tertiary/aromatic N) is 3. The number of piperidine rings is 1. The van der Waals surface area contributed by atoms with Gasteiger partial charge in [0.15, 0.2) is 5.82 Å². The monoisotopic (exact) mass is 439 g/mol. The number of halogens is 1. The van der Waals surface area contributed by atoms with Crippen molar-refractivity contribution in [3.8, 4) is 0 Å². The molecule has 4 rings (SSSR count). The molecule has 2 heterocycles. The molecular formula is C23H22ClN3O4. The van der Waals surface area contributed by atoms with Gasteiger partial charge in [-0.25, -0.2) is 0 Å². The van der Waals surface area contributed by atoms with E-state index in [1.807, 2.05) is 30.3 Å². The van der Waals surface area contributed by atoms with Gasteiger partial charge in [0.1, 0.15) is 0 Å². The van der Waals surface area contributed by atoms with E-state index in [0.717, 1.165) is 5.56 Å². The molecule has 1 fully saturated rings. The van der Waals surface area contributed by atoms with Gasteiger partial charge in [0.2, 0.25) is 6.10 Å². The number of hydrogen-bond acceptors (Lipinski definition) is 6. The molecule has 0 unspecified atom stereocenters. The fourth-order valence-electron chi connectivity index (χ4n) is 3.72. The van der Waals surface area contributed by atoms with Gasteiger partial charge in [0.25, 0.3) is 11.8 Å². The van der Waals surface area contributed by atoms with Crippen LogP contribution in [-0.2, 0) is 9.53 Å². The second-order valence-corrected chi connectivity index (χ2v) is 7.84. The second-order valence-electron chi connectivity index (χ2n) is 7.44. The Morgan fingerprint density at radius 3 is 2.45 bits per heavy atom. The lowest BCUT2D eigenvalue weighted by atomic mass is 9.95. The molecule has 1 atom stereocenters. The number of ether oxygens (including phenoxy) is 1. The number of hydrogen-bond donors (Lipinski definition) is 0. The van der Waals surface area contributed by atoms with Crippen molar-refractivity contribution in [1.82, 2.24) is 15.0 Å². The van der Waals surface area contributed by atoms with E-state index in [-0.39, 0.29) is 17.7 Å². The third kappa shape index (κ3) is 4.77. The average molecular weight is 440 g/mol. The zero-order valence-electron chi connectivity index (χ0n) is 17.0. The number of benzene rings is 2. The highest BCUT2D eigenvalue weighted by Gasteiger charge is 2.30. The Labute approximate surface area is 185 Å². The summed E-state index contributed by atoms with van der Waals surface area (Å²) in [6.07, 6.45) is 0.666. The maximum absolute atomic E-state index is 12.8. The van der Waals surface area contributed by atoms with Crippen molar-refractivity contribution in [2.24, 2.45) is 0 Å². The topological polar surface area (TPSA) is 85.5 Å². The van der Waals surface area contributed by atoms with Crippen molar-refractivity contribution in [3.63, 3.8) is 0 Å². The van der Waals surface area contributed by atoms with Crippen LogP contribution in [0.2, 0.25) is 5.02 Å². The molecule has 1 aliphatic heterocycles.